The van der Waals surface area contributed by atoms with Gasteiger partial charge in [0, 0.05) is 26.2 Å². The van der Waals surface area contributed by atoms with Gasteiger partial charge in [0.25, 0.3) is 10.2 Å². The Bertz CT molecular complexity index is 344. The zero-order valence-electron chi connectivity index (χ0n) is 10.5. The molecular formula is C11H23N3O2S. The zero-order valence-corrected chi connectivity index (χ0v) is 11.4. The Morgan fingerprint density at radius 3 is 2.59 bits per heavy atom. The van der Waals surface area contributed by atoms with E-state index in [1.165, 1.54) is 0 Å². The van der Waals surface area contributed by atoms with Gasteiger partial charge >= 0.3 is 0 Å². The second-order valence-electron chi connectivity index (χ2n) is 5.52. The van der Waals surface area contributed by atoms with Crippen LogP contribution in [0.25, 0.3) is 0 Å². The lowest BCUT2D eigenvalue weighted by Gasteiger charge is -2.34. The number of hydrogen-bond donors (Lipinski definition) is 2. The molecule has 0 aromatic carbocycles. The molecule has 0 radical (unpaired) electrons. The van der Waals surface area contributed by atoms with Crippen LogP contribution in [0.2, 0.25) is 0 Å². The van der Waals surface area contributed by atoms with Gasteiger partial charge in [-0.1, -0.05) is 6.92 Å². The topological polar surface area (TPSA) is 61.4 Å². The van der Waals surface area contributed by atoms with Crippen LogP contribution in [0.15, 0.2) is 0 Å². The third-order valence-electron chi connectivity index (χ3n) is 3.77. The Balaban J connectivity index is 1.88. The molecule has 1 atom stereocenters. The lowest BCUT2D eigenvalue weighted by atomic mass is 9.83. The third kappa shape index (κ3) is 3.40. The quantitative estimate of drug-likeness (QED) is 0.765. The second-order valence-corrected chi connectivity index (χ2v) is 7.28. The summed E-state index contributed by atoms with van der Waals surface area (Å²) in [5.41, 5.74) is 0.0606. The van der Waals surface area contributed by atoms with Gasteiger partial charge in [0.1, 0.15) is 0 Å². The summed E-state index contributed by atoms with van der Waals surface area (Å²) in [6, 6.07) is 0. The molecule has 0 aliphatic carbocycles. The summed E-state index contributed by atoms with van der Waals surface area (Å²) in [7, 11) is -3.24. The molecule has 2 fully saturated rings. The average molecular weight is 261 g/mol. The molecule has 2 N–H and O–H groups in total. The van der Waals surface area contributed by atoms with Crippen LogP contribution in [-0.2, 0) is 10.2 Å². The number of hydrogen-bond acceptors (Lipinski definition) is 3. The molecule has 0 aromatic rings. The van der Waals surface area contributed by atoms with Crippen molar-refractivity contribution in [2.75, 3.05) is 32.7 Å². The summed E-state index contributed by atoms with van der Waals surface area (Å²) < 4.78 is 28.4. The highest BCUT2D eigenvalue weighted by Crippen LogP contribution is 2.24. The molecule has 17 heavy (non-hydrogen) atoms. The molecule has 0 aromatic heterocycles. The molecule has 0 amide bonds. The van der Waals surface area contributed by atoms with Crippen molar-refractivity contribution >= 4 is 10.2 Å². The van der Waals surface area contributed by atoms with Crippen molar-refractivity contribution in [3.05, 3.63) is 0 Å². The van der Waals surface area contributed by atoms with Crippen LogP contribution < -0.4 is 10.0 Å². The third-order valence-corrected chi connectivity index (χ3v) is 5.33. The van der Waals surface area contributed by atoms with Crippen LogP contribution in [0.4, 0.5) is 0 Å². The van der Waals surface area contributed by atoms with Crippen molar-refractivity contribution in [1.29, 1.82) is 0 Å². The fraction of sp³-hybridized carbons (Fsp3) is 1.00. The molecule has 5 nitrogen and oxygen atoms in total. The Morgan fingerprint density at radius 2 is 2.00 bits per heavy atom. The van der Waals surface area contributed by atoms with Crippen molar-refractivity contribution < 1.29 is 8.42 Å². The lowest BCUT2D eigenvalue weighted by Crippen LogP contribution is -2.48. The van der Waals surface area contributed by atoms with E-state index in [0.717, 1.165) is 38.8 Å². The maximum absolute atomic E-state index is 12.0. The van der Waals surface area contributed by atoms with E-state index in [1.54, 1.807) is 4.31 Å². The number of nitrogens with zero attached hydrogens (tertiary/aromatic N) is 1. The number of nitrogens with one attached hydrogen (secondary N) is 2. The summed E-state index contributed by atoms with van der Waals surface area (Å²) >= 11 is 0. The summed E-state index contributed by atoms with van der Waals surface area (Å²) in [6.07, 6.45) is 4.18. The minimum absolute atomic E-state index is 0.0606. The van der Waals surface area contributed by atoms with E-state index in [9.17, 15) is 8.42 Å². The largest absolute Gasteiger partial charge is 0.316 e. The van der Waals surface area contributed by atoms with Gasteiger partial charge in [-0.25, -0.2) is 4.72 Å². The van der Waals surface area contributed by atoms with E-state index in [-0.39, 0.29) is 5.41 Å². The smallest absolute Gasteiger partial charge is 0.279 e. The van der Waals surface area contributed by atoms with Crippen molar-refractivity contribution in [1.82, 2.24) is 14.3 Å². The minimum Gasteiger partial charge on any atom is -0.316 e. The second kappa shape index (κ2) is 5.22. The highest BCUT2D eigenvalue weighted by molar-refractivity contribution is 7.87. The first-order chi connectivity index (χ1) is 8.02. The van der Waals surface area contributed by atoms with Gasteiger partial charge < -0.3 is 5.32 Å². The fourth-order valence-electron chi connectivity index (χ4n) is 2.55. The van der Waals surface area contributed by atoms with E-state index in [1.807, 2.05) is 0 Å². The van der Waals surface area contributed by atoms with Crippen LogP contribution in [0.3, 0.4) is 0 Å². The van der Waals surface area contributed by atoms with Gasteiger partial charge in [-0.3, -0.25) is 0 Å². The van der Waals surface area contributed by atoms with Gasteiger partial charge in [-0.15, -0.1) is 0 Å². The SMILES string of the molecule is CC1(CNS(=O)(=O)N2CCCC2)CCCNC1. The van der Waals surface area contributed by atoms with Gasteiger partial charge in [0.15, 0.2) is 0 Å². The van der Waals surface area contributed by atoms with E-state index in [0.29, 0.717) is 19.6 Å². The maximum Gasteiger partial charge on any atom is 0.279 e. The van der Waals surface area contributed by atoms with Gasteiger partial charge in [0.05, 0.1) is 0 Å². The van der Waals surface area contributed by atoms with Crippen molar-refractivity contribution in [2.24, 2.45) is 5.41 Å². The highest BCUT2D eigenvalue weighted by Gasteiger charge is 2.31. The summed E-state index contributed by atoms with van der Waals surface area (Å²) in [5.74, 6) is 0. The van der Waals surface area contributed by atoms with Crippen molar-refractivity contribution in [3.63, 3.8) is 0 Å². The van der Waals surface area contributed by atoms with Crippen molar-refractivity contribution in [3.8, 4) is 0 Å². The normalized spacial score (nSPS) is 31.8. The highest BCUT2D eigenvalue weighted by atomic mass is 32.2. The molecular weight excluding hydrogens is 238 g/mol. The predicted octanol–water partition coefficient (Wildman–Crippen LogP) is 0.306. The number of rotatable bonds is 4. The summed E-state index contributed by atoms with van der Waals surface area (Å²) in [6.45, 7) is 5.98. The molecule has 0 saturated carbocycles. The predicted molar refractivity (Wildman–Crippen MR) is 67.9 cm³/mol. The monoisotopic (exact) mass is 261 g/mol. The molecule has 2 rings (SSSR count). The van der Waals surface area contributed by atoms with Crippen LogP contribution >= 0.6 is 0 Å². The van der Waals surface area contributed by atoms with E-state index in [2.05, 4.69) is 17.0 Å². The molecule has 0 bridgehead atoms. The number of piperidine rings is 1. The molecule has 2 heterocycles. The first-order valence-corrected chi connectivity index (χ1v) is 7.91. The van der Waals surface area contributed by atoms with Crippen LogP contribution in [0.1, 0.15) is 32.6 Å². The first-order valence-electron chi connectivity index (χ1n) is 6.47. The van der Waals surface area contributed by atoms with E-state index in [4.69, 9.17) is 0 Å². The van der Waals surface area contributed by atoms with Crippen molar-refractivity contribution in [2.45, 2.75) is 32.6 Å². The van der Waals surface area contributed by atoms with E-state index >= 15 is 0 Å². The molecule has 2 saturated heterocycles. The van der Waals surface area contributed by atoms with Crippen LogP contribution in [-0.4, -0.2) is 45.4 Å². The van der Waals surface area contributed by atoms with Crippen LogP contribution in [0.5, 0.6) is 0 Å². The molecule has 100 valence electrons. The zero-order chi connectivity index (χ0) is 12.4. The Labute approximate surface area is 104 Å². The fourth-order valence-corrected chi connectivity index (χ4v) is 4.01. The standard InChI is InChI=1S/C11H23N3O2S/c1-11(5-4-6-12-9-11)10-13-17(15,16)14-7-2-3-8-14/h12-13H,2-10H2,1H3. The molecule has 6 heteroatoms. The van der Waals surface area contributed by atoms with Gasteiger partial charge in [-0.2, -0.15) is 12.7 Å². The Kier molecular flexibility index (Phi) is 4.07. The molecule has 2 aliphatic heterocycles. The molecule has 1 unspecified atom stereocenters. The van der Waals surface area contributed by atoms with Crippen LogP contribution in [0, 0.1) is 5.41 Å². The molecule has 0 spiro atoms. The average Bonchev–Trinajstić information content (AvgIpc) is 2.82. The Hall–Kier alpha value is -0.170. The molecule has 2 aliphatic rings. The lowest BCUT2D eigenvalue weighted by molar-refractivity contribution is 0.237. The first kappa shape index (κ1) is 13.3. The summed E-state index contributed by atoms with van der Waals surface area (Å²) in [5, 5.41) is 3.33. The van der Waals surface area contributed by atoms with Gasteiger partial charge in [0.2, 0.25) is 0 Å². The Morgan fingerprint density at radius 1 is 1.29 bits per heavy atom. The van der Waals surface area contributed by atoms with Gasteiger partial charge in [-0.05, 0) is 37.6 Å². The maximum atomic E-state index is 12.0. The minimum atomic E-state index is -3.24. The summed E-state index contributed by atoms with van der Waals surface area (Å²) in [4.78, 5) is 0. The van der Waals surface area contributed by atoms with E-state index < -0.39 is 10.2 Å².